The minimum atomic E-state index is -0.604. The van der Waals surface area contributed by atoms with Gasteiger partial charge in [0.15, 0.2) is 0 Å². The van der Waals surface area contributed by atoms with Crippen molar-refractivity contribution in [1.82, 2.24) is 24.7 Å². The van der Waals surface area contributed by atoms with Crippen molar-refractivity contribution in [2.24, 2.45) is 0 Å². The maximum Gasteiger partial charge on any atom is 0.409 e. The molecule has 0 unspecified atom stereocenters. The number of carbonyl (C=O) groups excluding carboxylic acids is 2. The zero-order valence-corrected chi connectivity index (χ0v) is 20.7. The molecule has 3 aliphatic rings. The molecule has 0 aliphatic carbocycles. The van der Waals surface area contributed by atoms with Crippen LogP contribution in [-0.4, -0.2) is 99.8 Å². The number of nitrogens with one attached hydrogen (secondary N) is 1. The minimum Gasteiger partial charge on any atom is -0.453 e. The molecule has 2 N–H and O–H groups in total. The standard InChI is InChI=1S/C26H34N6O4/c1-36-26(35)30-11-7-20(8-12-30)29-24-14-21(27-17-28-24)25(34)32-13-9-22(23(33)16-32)31-10-6-18-4-2-3-5-19(18)15-31/h2-5,14,17,20,22-23,33H,6-13,15-16H2,1H3,(H,27,28,29)/t22-,23-/m0/s1. The summed E-state index contributed by atoms with van der Waals surface area (Å²) in [5.41, 5.74) is 3.03. The van der Waals surface area contributed by atoms with Crippen LogP contribution >= 0.6 is 0 Å². The Kier molecular flexibility index (Phi) is 7.33. The van der Waals surface area contributed by atoms with Gasteiger partial charge in [-0.1, -0.05) is 24.3 Å². The van der Waals surface area contributed by atoms with Crippen LogP contribution in [0.15, 0.2) is 36.7 Å². The number of piperidine rings is 2. The lowest BCUT2D eigenvalue weighted by atomic mass is 9.94. The highest BCUT2D eigenvalue weighted by atomic mass is 16.5. The Bertz CT molecular complexity index is 1090. The van der Waals surface area contributed by atoms with Crippen LogP contribution in [0.1, 0.15) is 40.9 Å². The topological polar surface area (TPSA) is 111 Å². The van der Waals surface area contributed by atoms with Gasteiger partial charge in [-0.05, 0) is 36.8 Å². The van der Waals surface area contributed by atoms with E-state index < -0.39 is 6.10 Å². The molecule has 2 aromatic rings. The summed E-state index contributed by atoms with van der Waals surface area (Å²) >= 11 is 0. The number of aromatic nitrogens is 2. The molecule has 10 nitrogen and oxygen atoms in total. The van der Waals surface area contributed by atoms with Crippen LogP contribution in [0, 0.1) is 0 Å². The average Bonchev–Trinajstić information content (AvgIpc) is 2.92. The zero-order chi connectivity index (χ0) is 25.1. The van der Waals surface area contributed by atoms with E-state index in [4.69, 9.17) is 4.74 Å². The van der Waals surface area contributed by atoms with E-state index in [1.165, 1.54) is 24.6 Å². The molecule has 0 spiro atoms. The van der Waals surface area contributed by atoms with Crippen LogP contribution in [0.5, 0.6) is 0 Å². The third kappa shape index (κ3) is 5.29. The van der Waals surface area contributed by atoms with Gasteiger partial charge in [0.1, 0.15) is 17.8 Å². The SMILES string of the molecule is COC(=O)N1CCC(Nc2cc(C(=O)N3CC[C@H](N4CCc5ccccc5C4)[C@@H](O)C3)ncn2)CC1. The summed E-state index contributed by atoms with van der Waals surface area (Å²) in [6.07, 6.45) is 3.73. The number of aliphatic hydroxyl groups excluding tert-OH is 1. The molecule has 10 heteroatoms. The van der Waals surface area contributed by atoms with Crippen molar-refractivity contribution in [3.05, 3.63) is 53.5 Å². The third-order valence-electron chi connectivity index (χ3n) is 7.63. The maximum atomic E-state index is 13.2. The summed E-state index contributed by atoms with van der Waals surface area (Å²) in [5.74, 6) is 0.398. The molecule has 2 atom stereocenters. The molecule has 192 valence electrons. The van der Waals surface area contributed by atoms with E-state index in [1.807, 2.05) is 0 Å². The van der Waals surface area contributed by atoms with E-state index in [9.17, 15) is 14.7 Å². The number of hydrogen-bond donors (Lipinski definition) is 2. The molecule has 3 aliphatic heterocycles. The molecule has 2 amide bonds. The van der Waals surface area contributed by atoms with Gasteiger partial charge in [0.2, 0.25) is 0 Å². The molecule has 1 aromatic carbocycles. The fourth-order valence-corrected chi connectivity index (χ4v) is 5.59. The van der Waals surface area contributed by atoms with E-state index in [2.05, 4.69) is 44.5 Å². The summed E-state index contributed by atoms with van der Waals surface area (Å²) in [6.45, 7) is 3.85. The summed E-state index contributed by atoms with van der Waals surface area (Å²) in [7, 11) is 1.39. The Hall–Kier alpha value is -3.24. The Morgan fingerprint density at radius 2 is 1.78 bits per heavy atom. The first-order valence-electron chi connectivity index (χ1n) is 12.7. The zero-order valence-electron chi connectivity index (χ0n) is 20.7. The summed E-state index contributed by atoms with van der Waals surface area (Å²) in [6, 6.07) is 10.4. The molecular formula is C26H34N6O4. The Balaban J connectivity index is 1.16. The first-order valence-corrected chi connectivity index (χ1v) is 12.7. The quantitative estimate of drug-likeness (QED) is 0.662. The van der Waals surface area contributed by atoms with Crippen molar-refractivity contribution < 1.29 is 19.4 Å². The lowest BCUT2D eigenvalue weighted by molar-refractivity contribution is -0.0139. The summed E-state index contributed by atoms with van der Waals surface area (Å²) < 4.78 is 4.79. The second-order valence-corrected chi connectivity index (χ2v) is 9.83. The van der Waals surface area contributed by atoms with E-state index in [0.717, 1.165) is 38.8 Å². The highest BCUT2D eigenvalue weighted by Gasteiger charge is 2.35. The molecule has 4 heterocycles. The molecule has 0 radical (unpaired) electrons. The molecular weight excluding hydrogens is 460 g/mol. The van der Waals surface area contributed by atoms with E-state index in [-0.39, 0.29) is 24.1 Å². The Morgan fingerprint density at radius 1 is 1.03 bits per heavy atom. The normalized spacial score (nSPS) is 23.2. The van der Waals surface area contributed by atoms with Crippen molar-refractivity contribution in [2.75, 3.05) is 45.2 Å². The smallest absolute Gasteiger partial charge is 0.409 e. The van der Waals surface area contributed by atoms with Gasteiger partial charge < -0.3 is 25.0 Å². The first kappa shape index (κ1) is 24.5. The van der Waals surface area contributed by atoms with Crippen molar-refractivity contribution in [3.63, 3.8) is 0 Å². The number of anilines is 1. The van der Waals surface area contributed by atoms with Gasteiger partial charge >= 0.3 is 6.09 Å². The van der Waals surface area contributed by atoms with Gasteiger partial charge in [-0.25, -0.2) is 14.8 Å². The lowest BCUT2D eigenvalue weighted by Crippen LogP contribution is -2.56. The first-order chi connectivity index (χ1) is 17.5. The number of carbonyl (C=O) groups is 2. The predicted molar refractivity (Wildman–Crippen MR) is 134 cm³/mol. The number of aliphatic hydroxyl groups is 1. The fraction of sp³-hybridized carbons (Fsp3) is 0.538. The molecule has 5 rings (SSSR count). The largest absolute Gasteiger partial charge is 0.453 e. The molecule has 0 bridgehead atoms. The van der Waals surface area contributed by atoms with Crippen LogP contribution in [0.25, 0.3) is 0 Å². The number of benzene rings is 1. The number of rotatable bonds is 4. The lowest BCUT2D eigenvalue weighted by Gasteiger charge is -2.43. The summed E-state index contributed by atoms with van der Waals surface area (Å²) in [4.78, 5) is 39.1. The van der Waals surface area contributed by atoms with E-state index >= 15 is 0 Å². The van der Waals surface area contributed by atoms with Crippen LogP contribution in [0.3, 0.4) is 0 Å². The van der Waals surface area contributed by atoms with E-state index in [0.29, 0.717) is 37.7 Å². The van der Waals surface area contributed by atoms with Gasteiger partial charge in [-0.3, -0.25) is 9.69 Å². The number of methoxy groups -OCH3 is 1. The van der Waals surface area contributed by atoms with Crippen molar-refractivity contribution in [3.8, 4) is 0 Å². The number of fused-ring (bicyclic) bond motifs is 1. The van der Waals surface area contributed by atoms with Gasteiger partial charge in [-0.15, -0.1) is 0 Å². The minimum absolute atomic E-state index is 0.0425. The Morgan fingerprint density at radius 3 is 2.53 bits per heavy atom. The molecule has 0 saturated carbocycles. The van der Waals surface area contributed by atoms with Crippen LogP contribution in [0.4, 0.5) is 10.6 Å². The van der Waals surface area contributed by atoms with Crippen molar-refractivity contribution in [1.29, 1.82) is 0 Å². The van der Waals surface area contributed by atoms with E-state index in [1.54, 1.807) is 15.9 Å². The van der Waals surface area contributed by atoms with Crippen LogP contribution < -0.4 is 5.32 Å². The second-order valence-electron chi connectivity index (χ2n) is 9.83. The Labute approximate surface area is 211 Å². The number of ether oxygens (including phenoxy) is 1. The maximum absolute atomic E-state index is 13.2. The predicted octanol–water partition coefficient (Wildman–Crippen LogP) is 1.75. The van der Waals surface area contributed by atoms with Gasteiger partial charge in [-0.2, -0.15) is 0 Å². The van der Waals surface area contributed by atoms with Crippen LogP contribution in [-0.2, 0) is 17.7 Å². The number of amides is 2. The number of likely N-dealkylation sites (tertiary alicyclic amines) is 2. The third-order valence-corrected chi connectivity index (χ3v) is 7.63. The van der Waals surface area contributed by atoms with Crippen LogP contribution in [0.2, 0.25) is 0 Å². The van der Waals surface area contributed by atoms with Gasteiger partial charge in [0.25, 0.3) is 5.91 Å². The molecule has 36 heavy (non-hydrogen) atoms. The highest BCUT2D eigenvalue weighted by molar-refractivity contribution is 5.93. The molecule has 1 aromatic heterocycles. The van der Waals surface area contributed by atoms with Gasteiger partial charge in [0, 0.05) is 57.4 Å². The summed E-state index contributed by atoms with van der Waals surface area (Å²) in [5, 5.41) is 14.3. The molecule has 2 saturated heterocycles. The monoisotopic (exact) mass is 494 g/mol. The number of hydrogen-bond acceptors (Lipinski definition) is 8. The highest BCUT2D eigenvalue weighted by Crippen LogP contribution is 2.26. The molecule has 2 fully saturated rings. The fourth-order valence-electron chi connectivity index (χ4n) is 5.59. The van der Waals surface area contributed by atoms with Crippen molar-refractivity contribution >= 4 is 17.8 Å². The number of nitrogens with zero attached hydrogens (tertiary/aromatic N) is 5. The van der Waals surface area contributed by atoms with Gasteiger partial charge in [0.05, 0.1) is 13.2 Å². The second kappa shape index (κ2) is 10.8. The number of β-amino-alcohol motifs (C(OH)–C–C–N with tert-alkyl or cyclic N) is 1. The van der Waals surface area contributed by atoms with Crippen molar-refractivity contribution in [2.45, 2.75) is 50.4 Å². The average molecular weight is 495 g/mol.